The number of rotatable bonds is 5. The van der Waals surface area contributed by atoms with Crippen molar-refractivity contribution in [1.82, 2.24) is 14.6 Å². The highest BCUT2D eigenvalue weighted by Crippen LogP contribution is 2.28. The van der Waals surface area contributed by atoms with E-state index >= 15 is 0 Å². The minimum atomic E-state index is -2.78. The Morgan fingerprint density at radius 1 is 1.10 bits per heavy atom. The summed E-state index contributed by atoms with van der Waals surface area (Å²) in [6.45, 7) is 3.77. The van der Waals surface area contributed by atoms with Gasteiger partial charge < -0.3 is 10.1 Å². The number of ether oxygens (including phenoxy) is 1. The van der Waals surface area contributed by atoms with Gasteiger partial charge in [-0.25, -0.2) is 18.3 Å². The highest BCUT2D eigenvalue weighted by molar-refractivity contribution is 6.08. The quantitative estimate of drug-likeness (QED) is 0.479. The molecule has 0 spiro atoms. The fourth-order valence-electron chi connectivity index (χ4n) is 3.27. The Bertz CT molecular complexity index is 1270. The zero-order valence-electron chi connectivity index (χ0n) is 17.2. The molecule has 4 aromatic rings. The molecule has 8 heteroatoms. The molecule has 6 nitrogen and oxygen atoms in total. The van der Waals surface area contributed by atoms with Gasteiger partial charge in [-0.05, 0) is 43.7 Å². The monoisotopic (exact) mass is 422 g/mol. The van der Waals surface area contributed by atoms with Gasteiger partial charge in [0, 0.05) is 11.3 Å². The van der Waals surface area contributed by atoms with Crippen LogP contribution in [-0.4, -0.2) is 27.6 Å². The van der Waals surface area contributed by atoms with E-state index in [2.05, 4.69) is 15.4 Å². The number of nitrogens with zero attached hydrogens (tertiary/aromatic N) is 3. The van der Waals surface area contributed by atoms with Gasteiger partial charge in [-0.15, -0.1) is 0 Å². The van der Waals surface area contributed by atoms with Crippen molar-refractivity contribution in [2.24, 2.45) is 0 Å². The lowest BCUT2D eigenvalue weighted by Crippen LogP contribution is -2.13. The largest absolute Gasteiger partial charge is 0.497 e. The molecule has 0 saturated heterocycles. The van der Waals surface area contributed by atoms with E-state index in [-0.39, 0.29) is 16.9 Å². The summed E-state index contributed by atoms with van der Waals surface area (Å²) in [5.41, 5.74) is 3.27. The van der Waals surface area contributed by atoms with Crippen LogP contribution in [0.2, 0.25) is 0 Å². The average molecular weight is 422 g/mol. The van der Waals surface area contributed by atoms with Gasteiger partial charge in [-0.3, -0.25) is 4.79 Å². The first kappa shape index (κ1) is 20.5. The lowest BCUT2D eigenvalue weighted by atomic mass is 10.1. The summed E-state index contributed by atoms with van der Waals surface area (Å²) in [6.07, 6.45) is -1.53. The average Bonchev–Trinajstić information content (AvgIpc) is 3.19. The Balaban J connectivity index is 1.77. The van der Waals surface area contributed by atoms with Crippen LogP contribution < -0.4 is 10.1 Å². The summed E-state index contributed by atoms with van der Waals surface area (Å²) in [4.78, 5) is 17.4. The Labute approximate surface area is 177 Å². The third kappa shape index (κ3) is 3.96. The van der Waals surface area contributed by atoms with Crippen LogP contribution in [0.15, 0.2) is 54.7 Å². The second-order valence-corrected chi connectivity index (χ2v) is 7.16. The maximum absolute atomic E-state index is 13.7. The first-order valence-electron chi connectivity index (χ1n) is 9.57. The van der Waals surface area contributed by atoms with Gasteiger partial charge in [-0.2, -0.15) is 5.10 Å². The molecular formula is C23H20F2N4O2. The summed E-state index contributed by atoms with van der Waals surface area (Å²) < 4.78 is 33.7. The van der Waals surface area contributed by atoms with Crippen molar-refractivity contribution in [2.45, 2.75) is 20.3 Å². The number of nitrogens with one attached hydrogen (secondary N) is 1. The standard InChI is InChI=1S/C23H20F2N4O2/c1-13-4-6-15(7-5-13)19-11-20(21(24)25)29-22(27-19)17(12-26-29)23(30)28-18-9-8-16(31-3)10-14(18)2/h4-12,21H,1-3H3,(H,28,30). The number of carbonyl (C=O) groups excluding carboxylic acids is 1. The van der Waals surface area contributed by atoms with E-state index in [0.29, 0.717) is 22.7 Å². The number of aryl methyl sites for hydroxylation is 2. The molecule has 1 amide bonds. The number of amides is 1. The van der Waals surface area contributed by atoms with Gasteiger partial charge in [0.2, 0.25) is 0 Å². The van der Waals surface area contributed by atoms with E-state index in [9.17, 15) is 13.6 Å². The minimum Gasteiger partial charge on any atom is -0.497 e. The highest BCUT2D eigenvalue weighted by atomic mass is 19.3. The van der Waals surface area contributed by atoms with Gasteiger partial charge in [0.15, 0.2) is 5.65 Å². The van der Waals surface area contributed by atoms with E-state index in [1.807, 2.05) is 26.0 Å². The number of fused-ring (bicyclic) bond motifs is 1. The van der Waals surface area contributed by atoms with Crippen LogP contribution in [0, 0.1) is 13.8 Å². The third-order valence-electron chi connectivity index (χ3n) is 5.00. The van der Waals surface area contributed by atoms with Crippen molar-refractivity contribution in [2.75, 3.05) is 12.4 Å². The van der Waals surface area contributed by atoms with Crippen LogP contribution in [0.3, 0.4) is 0 Å². The van der Waals surface area contributed by atoms with Gasteiger partial charge >= 0.3 is 0 Å². The Hall–Kier alpha value is -3.81. The Morgan fingerprint density at radius 2 is 1.84 bits per heavy atom. The first-order chi connectivity index (χ1) is 14.9. The lowest BCUT2D eigenvalue weighted by Gasteiger charge is -2.10. The van der Waals surface area contributed by atoms with Crippen molar-refractivity contribution < 1.29 is 18.3 Å². The van der Waals surface area contributed by atoms with Gasteiger partial charge in [0.1, 0.15) is 17.0 Å². The summed E-state index contributed by atoms with van der Waals surface area (Å²) in [5.74, 6) is 0.175. The zero-order chi connectivity index (χ0) is 22.1. The number of carbonyl (C=O) groups is 1. The zero-order valence-corrected chi connectivity index (χ0v) is 17.2. The molecule has 31 heavy (non-hydrogen) atoms. The number of hydrogen-bond acceptors (Lipinski definition) is 4. The third-order valence-corrected chi connectivity index (χ3v) is 5.00. The topological polar surface area (TPSA) is 68.5 Å². The molecular weight excluding hydrogens is 402 g/mol. The lowest BCUT2D eigenvalue weighted by molar-refractivity contribution is 0.102. The van der Waals surface area contributed by atoms with Gasteiger partial charge in [-0.1, -0.05) is 29.8 Å². The highest BCUT2D eigenvalue weighted by Gasteiger charge is 2.22. The minimum absolute atomic E-state index is 0.0667. The van der Waals surface area contributed by atoms with E-state index in [1.54, 1.807) is 37.4 Å². The van der Waals surface area contributed by atoms with Crippen LogP contribution >= 0.6 is 0 Å². The summed E-state index contributed by atoms with van der Waals surface area (Å²) in [7, 11) is 1.56. The molecule has 0 bridgehead atoms. The summed E-state index contributed by atoms with van der Waals surface area (Å²) in [6, 6.07) is 13.9. The van der Waals surface area contributed by atoms with Crippen molar-refractivity contribution in [3.05, 3.63) is 77.1 Å². The van der Waals surface area contributed by atoms with Crippen LogP contribution in [0.25, 0.3) is 16.9 Å². The number of aromatic nitrogens is 3. The number of alkyl halides is 2. The second kappa shape index (κ2) is 8.14. The number of benzene rings is 2. The molecule has 0 aliphatic carbocycles. The normalized spacial score (nSPS) is 11.2. The van der Waals surface area contributed by atoms with Crippen molar-refractivity contribution >= 4 is 17.2 Å². The summed E-state index contributed by atoms with van der Waals surface area (Å²) >= 11 is 0. The number of hydrogen-bond donors (Lipinski definition) is 1. The fourth-order valence-corrected chi connectivity index (χ4v) is 3.27. The maximum atomic E-state index is 13.7. The van der Waals surface area contributed by atoms with E-state index in [1.165, 1.54) is 12.3 Å². The number of anilines is 1. The fraction of sp³-hybridized carbons (Fsp3) is 0.174. The van der Waals surface area contributed by atoms with Crippen molar-refractivity contribution in [3.63, 3.8) is 0 Å². The molecule has 2 aromatic heterocycles. The molecule has 0 aliphatic rings. The molecule has 4 rings (SSSR count). The van der Waals surface area contributed by atoms with Crippen molar-refractivity contribution in [1.29, 1.82) is 0 Å². The SMILES string of the molecule is COc1ccc(NC(=O)c2cnn3c(C(F)F)cc(-c4ccc(C)cc4)nc23)c(C)c1. The van der Waals surface area contributed by atoms with E-state index < -0.39 is 12.3 Å². The Kier molecular flexibility index (Phi) is 5.37. The van der Waals surface area contributed by atoms with Gasteiger partial charge in [0.25, 0.3) is 12.3 Å². The molecule has 158 valence electrons. The maximum Gasteiger partial charge on any atom is 0.280 e. The predicted molar refractivity (Wildman–Crippen MR) is 114 cm³/mol. The van der Waals surface area contributed by atoms with E-state index in [0.717, 1.165) is 15.6 Å². The molecule has 0 aliphatic heterocycles. The molecule has 0 atom stereocenters. The van der Waals surface area contributed by atoms with Crippen LogP contribution in [0.4, 0.5) is 14.5 Å². The van der Waals surface area contributed by atoms with Crippen LogP contribution in [-0.2, 0) is 0 Å². The molecule has 2 heterocycles. The van der Waals surface area contributed by atoms with Crippen LogP contribution in [0.1, 0.15) is 33.6 Å². The number of halogens is 2. The van der Waals surface area contributed by atoms with Crippen LogP contribution in [0.5, 0.6) is 5.75 Å². The van der Waals surface area contributed by atoms with Gasteiger partial charge in [0.05, 0.1) is 19.0 Å². The molecule has 0 unspecified atom stereocenters. The molecule has 2 aromatic carbocycles. The molecule has 1 N–H and O–H groups in total. The first-order valence-corrected chi connectivity index (χ1v) is 9.57. The van der Waals surface area contributed by atoms with E-state index in [4.69, 9.17) is 4.74 Å². The smallest absolute Gasteiger partial charge is 0.280 e. The molecule has 0 saturated carbocycles. The van der Waals surface area contributed by atoms with Crippen molar-refractivity contribution in [3.8, 4) is 17.0 Å². The number of methoxy groups -OCH3 is 1. The second-order valence-electron chi connectivity index (χ2n) is 7.16. The molecule has 0 fully saturated rings. The summed E-state index contributed by atoms with van der Waals surface area (Å²) in [5, 5.41) is 6.79. The predicted octanol–water partition coefficient (Wildman–Crippen LogP) is 5.21. The Morgan fingerprint density at radius 3 is 2.48 bits per heavy atom. The molecule has 0 radical (unpaired) electrons.